The van der Waals surface area contributed by atoms with E-state index < -0.39 is 36.0 Å². The molecule has 4 aromatic carbocycles. The summed E-state index contributed by atoms with van der Waals surface area (Å²) in [6.07, 6.45) is -0.230. The van der Waals surface area contributed by atoms with Crippen molar-refractivity contribution in [2.75, 3.05) is 6.61 Å². The number of rotatable bonds is 16. The molecule has 5 N–H and O–H groups in total. The van der Waals surface area contributed by atoms with Gasteiger partial charge < -0.3 is 30.8 Å². The summed E-state index contributed by atoms with van der Waals surface area (Å²) in [6, 6.07) is 30.8. The molecule has 0 saturated carbocycles. The molecule has 4 atom stereocenters. The third-order valence-electron chi connectivity index (χ3n) is 9.28. The van der Waals surface area contributed by atoms with Crippen LogP contribution in [0.4, 0.5) is 0 Å². The van der Waals surface area contributed by atoms with Crippen molar-refractivity contribution in [2.24, 2.45) is 5.92 Å². The Hall–Kier alpha value is -5.74. The summed E-state index contributed by atoms with van der Waals surface area (Å²) in [6.45, 7) is 7.27. The number of pyridine rings is 1. The molecule has 0 spiro atoms. The third kappa shape index (κ3) is 10.6. The van der Waals surface area contributed by atoms with Crippen molar-refractivity contribution in [3.05, 3.63) is 147 Å². The maximum atomic E-state index is 14.0. The Bertz CT molecular complexity index is 2040. The van der Waals surface area contributed by atoms with Crippen LogP contribution in [0.3, 0.4) is 0 Å². The number of carbonyl (C=O) groups is 3. The highest BCUT2D eigenvalue weighted by Crippen LogP contribution is 2.22. The minimum Gasteiger partial charge on any atom is -0.483 e. The Kier molecular flexibility index (Phi) is 13.2. The summed E-state index contributed by atoms with van der Waals surface area (Å²) < 4.78 is 5.92. The second-order valence-electron chi connectivity index (χ2n) is 13.9. The second-order valence-corrected chi connectivity index (χ2v) is 13.9. The van der Waals surface area contributed by atoms with Crippen LogP contribution in [0.1, 0.15) is 53.0 Å². The minimum atomic E-state index is -1.09. The van der Waals surface area contributed by atoms with Crippen molar-refractivity contribution in [1.82, 2.24) is 20.9 Å². The molecular weight excluding hydrogens is 668 g/mol. The predicted molar refractivity (Wildman–Crippen MR) is 207 cm³/mol. The maximum absolute atomic E-state index is 14.0. The van der Waals surface area contributed by atoms with E-state index in [0.29, 0.717) is 29.5 Å². The Morgan fingerprint density at radius 1 is 0.755 bits per heavy atom. The van der Waals surface area contributed by atoms with Crippen LogP contribution in [0, 0.1) is 19.8 Å². The fourth-order valence-corrected chi connectivity index (χ4v) is 6.48. The van der Waals surface area contributed by atoms with Gasteiger partial charge in [-0.15, -0.1) is 0 Å². The van der Waals surface area contributed by atoms with E-state index in [4.69, 9.17) is 4.74 Å². The molecule has 0 fully saturated rings. The van der Waals surface area contributed by atoms with E-state index in [1.54, 1.807) is 24.3 Å². The van der Waals surface area contributed by atoms with Crippen molar-refractivity contribution in [3.63, 3.8) is 0 Å². The van der Waals surface area contributed by atoms with Gasteiger partial charge in [0.05, 0.1) is 12.1 Å². The van der Waals surface area contributed by atoms with Crippen LogP contribution in [-0.2, 0) is 22.4 Å². The van der Waals surface area contributed by atoms with Crippen LogP contribution in [0.25, 0.3) is 10.9 Å². The summed E-state index contributed by atoms with van der Waals surface area (Å²) >= 11 is 0. The highest BCUT2D eigenvalue weighted by molar-refractivity contribution is 5.98. The number of para-hydroxylation sites is 2. The van der Waals surface area contributed by atoms with E-state index in [-0.39, 0.29) is 36.0 Å². The molecule has 53 heavy (non-hydrogen) atoms. The number of aliphatic hydroxyl groups is 1. The standard InChI is InChI=1S/C43H48N4O6/c1-27(2)40(47-42(51)36-25-37(48)33-20-11-12-21-34(33)45-36)43(52)46-35(23-31-18-9-6-10-19-31)38(49)24-32(22-30-16-7-5-8-17-30)44-39(50)26-53-41-28(3)14-13-15-29(41)4/h5-21,25,27,32,35,38,40,49H,22-24,26H2,1-4H3,(H,44,50)(H,45,48)(H,46,52)(H,47,51)/t32-,35-,38-,40+/m0/s1. The molecule has 0 unspecified atom stereocenters. The van der Waals surface area contributed by atoms with Crippen molar-refractivity contribution < 1.29 is 24.2 Å². The fourth-order valence-electron chi connectivity index (χ4n) is 6.48. The topological polar surface area (TPSA) is 150 Å². The molecule has 0 bridgehead atoms. The molecule has 0 aliphatic rings. The fraction of sp³-hybridized carbons (Fsp3) is 0.302. The minimum absolute atomic E-state index is 0.0362. The number of hydrogen-bond acceptors (Lipinski definition) is 6. The highest BCUT2D eigenvalue weighted by Gasteiger charge is 2.31. The summed E-state index contributed by atoms with van der Waals surface area (Å²) in [4.78, 5) is 56.4. The van der Waals surface area contributed by atoms with Crippen molar-refractivity contribution in [3.8, 4) is 5.75 Å². The first-order valence-corrected chi connectivity index (χ1v) is 18.0. The van der Waals surface area contributed by atoms with Crippen LogP contribution in [0.5, 0.6) is 5.75 Å². The summed E-state index contributed by atoms with van der Waals surface area (Å²) in [5, 5.41) is 21.2. The van der Waals surface area contributed by atoms with Gasteiger partial charge in [-0.1, -0.05) is 105 Å². The van der Waals surface area contributed by atoms with E-state index in [9.17, 15) is 24.3 Å². The molecule has 5 aromatic rings. The van der Waals surface area contributed by atoms with Crippen LogP contribution in [0.2, 0.25) is 0 Å². The molecule has 0 saturated heterocycles. The van der Waals surface area contributed by atoms with Crippen molar-refractivity contribution >= 4 is 28.6 Å². The van der Waals surface area contributed by atoms with Gasteiger partial charge >= 0.3 is 0 Å². The molecule has 1 heterocycles. The zero-order chi connectivity index (χ0) is 37.9. The Labute approximate surface area is 310 Å². The van der Waals surface area contributed by atoms with E-state index in [0.717, 1.165) is 22.3 Å². The van der Waals surface area contributed by atoms with Gasteiger partial charge in [-0.2, -0.15) is 0 Å². The van der Waals surface area contributed by atoms with Crippen LogP contribution < -0.4 is 26.1 Å². The number of hydrogen-bond donors (Lipinski definition) is 5. The van der Waals surface area contributed by atoms with E-state index in [2.05, 4.69) is 20.9 Å². The molecule has 276 valence electrons. The van der Waals surface area contributed by atoms with Gasteiger partial charge in [0.2, 0.25) is 5.91 Å². The molecule has 10 nitrogen and oxygen atoms in total. The van der Waals surface area contributed by atoms with Gasteiger partial charge in [-0.05, 0) is 73.4 Å². The zero-order valence-electron chi connectivity index (χ0n) is 30.6. The summed E-state index contributed by atoms with van der Waals surface area (Å²) in [5.74, 6) is -1.09. The number of carbonyl (C=O) groups excluding carboxylic acids is 3. The largest absolute Gasteiger partial charge is 0.483 e. The lowest BCUT2D eigenvalue weighted by Crippen LogP contribution is -2.56. The van der Waals surface area contributed by atoms with Gasteiger partial charge in [0.15, 0.2) is 12.0 Å². The van der Waals surface area contributed by atoms with E-state index >= 15 is 0 Å². The van der Waals surface area contributed by atoms with Gasteiger partial charge in [-0.25, -0.2) is 0 Å². The first-order valence-electron chi connectivity index (χ1n) is 18.0. The lowest BCUT2D eigenvalue weighted by atomic mass is 9.93. The molecule has 3 amide bonds. The first kappa shape index (κ1) is 38.5. The monoisotopic (exact) mass is 716 g/mol. The molecule has 1 aromatic heterocycles. The average Bonchev–Trinajstić information content (AvgIpc) is 3.13. The number of benzene rings is 4. The van der Waals surface area contributed by atoms with Gasteiger partial charge in [-0.3, -0.25) is 19.2 Å². The number of ether oxygens (including phenoxy) is 1. The number of nitrogens with one attached hydrogen (secondary N) is 4. The number of aromatic amines is 1. The number of aryl methyl sites for hydroxylation is 2. The number of H-pyrrole nitrogens is 1. The van der Waals surface area contributed by atoms with Crippen LogP contribution >= 0.6 is 0 Å². The van der Waals surface area contributed by atoms with E-state index in [1.807, 2.05) is 107 Å². The van der Waals surface area contributed by atoms with Gasteiger partial charge in [0.1, 0.15) is 17.5 Å². The molecule has 0 aliphatic heterocycles. The lowest BCUT2D eigenvalue weighted by molar-refractivity contribution is -0.126. The smallest absolute Gasteiger partial charge is 0.268 e. The first-order chi connectivity index (χ1) is 25.5. The maximum Gasteiger partial charge on any atom is 0.268 e. The van der Waals surface area contributed by atoms with Crippen molar-refractivity contribution in [1.29, 1.82) is 0 Å². The second kappa shape index (κ2) is 18.1. The average molecular weight is 717 g/mol. The molecule has 0 aliphatic carbocycles. The number of aromatic nitrogens is 1. The van der Waals surface area contributed by atoms with Gasteiger partial charge in [0, 0.05) is 23.0 Å². The molecule has 5 rings (SSSR count). The van der Waals surface area contributed by atoms with Gasteiger partial charge in [0.25, 0.3) is 11.8 Å². The number of aliphatic hydroxyl groups excluding tert-OH is 1. The molecular formula is C43H48N4O6. The van der Waals surface area contributed by atoms with Crippen LogP contribution in [0.15, 0.2) is 114 Å². The molecule has 0 radical (unpaired) electrons. The number of fused-ring (bicyclic) bond motifs is 1. The Morgan fingerprint density at radius 3 is 2.00 bits per heavy atom. The summed E-state index contributed by atoms with van der Waals surface area (Å²) in [5.41, 5.74) is 3.95. The third-order valence-corrected chi connectivity index (χ3v) is 9.28. The quantitative estimate of drug-likeness (QED) is 0.0950. The highest BCUT2D eigenvalue weighted by atomic mass is 16.5. The Balaban J connectivity index is 1.33. The molecule has 10 heteroatoms. The van der Waals surface area contributed by atoms with Crippen LogP contribution in [-0.4, -0.2) is 58.6 Å². The normalized spacial score (nSPS) is 13.5. The van der Waals surface area contributed by atoms with E-state index in [1.165, 1.54) is 6.07 Å². The predicted octanol–water partition coefficient (Wildman–Crippen LogP) is 5.18. The Morgan fingerprint density at radius 2 is 1.36 bits per heavy atom. The van der Waals surface area contributed by atoms with Crippen molar-refractivity contribution in [2.45, 2.75) is 71.2 Å². The lowest BCUT2D eigenvalue weighted by Gasteiger charge is -2.31. The summed E-state index contributed by atoms with van der Waals surface area (Å²) in [7, 11) is 0. The SMILES string of the molecule is Cc1cccc(C)c1OCC(=O)N[C@@H](Cc1ccccc1)C[C@H](O)[C@H](Cc1ccccc1)NC(=O)[C@H](NC(=O)c1cc(=O)c2ccccc2[nH]1)C(C)C. The zero-order valence-corrected chi connectivity index (χ0v) is 30.6. The number of amides is 3.